The van der Waals surface area contributed by atoms with Crippen molar-refractivity contribution < 1.29 is 9.47 Å². The summed E-state index contributed by atoms with van der Waals surface area (Å²) in [5, 5.41) is 0. The number of ether oxygens (including phenoxy) is 2. The van der Waals surface area contributed by atoms with Crippen LogP contribution in [0.3, 0.4) is 0 Å². The Hall–Kier alpha value is -0.120. The van der Waals surface area contributed by atoms with E-state index in [1.165, 1.54) is 0 Å². The van der Waals surface area contributed by atoms with Gasteiger partial charge in [0.15, 0.2) is 0 Å². The molecule has 2 atom stereocenters. The molecule has 0 spiro atoms. The van der Waals surface area contributed by atoms with Gasteiger partial charge in [0.1, 0.15) is 6.23 Å². The maximum absolute atomic E-state index is 5.39. The average molecular weight is 129 g/mol. The zero-order chi connectivity index (χ0) is 6.27. The van der Waals surface area contributed by atoms with E-state index < -0.39 is 0 Å². The third kappa shape index (κ3) is 0.852. The summed E-state index contributed by atoms with van der Waals surface area (Å²) in [7, 11) is 2.07. The van der Waals surface area contributed by atoms with Crippen molar-refractivity contribution in [3.05, 3.63) is 0 Å². The summed E-state index contributed by atoms with van der Waals surface area (Å²) in [6, 6.07) is 0. The molecule has 2 bridgehead atoms. The van der Waals surface area contributed by atoms with Crippen LogP contribution in [-0.4, -0.2) is 44.0 Å². The Bertz CT molecular complexity index is 110. The van der Waals surface area contributed by atoms with Crippen molar-refractivity contribution in [3.8, 4) is 0 Å². The molecule has 0 aromatic rings. The van der Waals surface area contributed by atoms with Crippen molar-refractivity contribution in [2.24, 2.45) is 0 Å². The quantitative estimate of drug-likeness (QED) is 0.447. The second-order valence-electron chi connectivity index (χ2n) is 2.68. The highest BCUT2D eigenvalue weighted by molar-refractivity contribution is 4.77. The lowest BCUT2D eigenvalue weighted by Gasteiger charge is -2.42. The molecule has 3 fully saturated rings. The lowest BCUT2D eigenvalue weighted by Crippen LogP contribution is -2.56. The number of hydrogen-bond acceptors (Lipinski definition) is 3. The summed E-state index contributed by atoms with van der Waals surface area (Å²) in [5.41, 5.74) is 0. The monoisotopic (exact) mass is 129 g/mol. The van der Waals surface area contributed by atoms with Crippen LogP contribution in [0.1, 0.15) is 0 Å². The third-order valence-corrected chi connectivity index (χ3v) is 1.93. The molecule has 3 nitrogen and oxygen atoms in total. The zero-order valence-corrected chi connectivity index (χ0v) is 5.54. The predicted octanol–water partition coefficient (Wildman–Crippen LogP) is -0.327. The van der Waals surface area contributed by atoms with Gasteiger partial charge in [0.25, 0.3) is 0 Å². The van der Waals surface area contributed by atoms with Crippen LogP contribution in [0.4, 0.5) is 0 Å². The fourth-order valence-corrected chi connectivity index (χ4v) is 1.33. The summed E-state index contributed by atoms with van der Waals surface area (Å²) in [6.45, 7) is 2.57. The summed E-state index contributed by atoms with van der Waals surface area (Å²) >= 11 is 0. The van der Waals surface area contributed by atoms with E-state index in [1.807, 2.05) is 0 Å². The first kappa shape index (κ1) is 5.65. The molecule has 0 aromatic carbocycles. The van der Waals surface area contributed by atoms with Crippen LogP contribution in [0.15, 0.2) is 0 Å². The molecule has 0 aromatic heterocycles. The highest BCUT2D eigenvalue weighted by Crippen LogP contribution is 2.17. The Morgan fingerprint density at radius 1 is 1.33 bits per heavy atom. The molecule has 3 heteroatoms. The topological polar surface area (TPSA) is 21.7 Å². The minimum Gasteiger partial charge on any atom is -0.370 e. The highest BCUT2D eigenvalue weighted by Gasteiger charge is 2.32. The Balaban J connectivity index is 2.06. The lowest BCUT2D eigenvalue weighted by atomic mass is 10.2. The van der Waals surface area contributed by atoms with Crippen molar-refractivity contribution in [3.63, 3.8) is 0 Å². The Morgan fingerprint density at radius 2 is 2.22 bits per heavy atom. The van der Waals surface area contributed by atoms with E-state index in [-0.39, 0.29) is 6.23 Å². The van der Waals surface area contributed by atoms with Gasteiger partial charge < -0.3 is 9.47 Å². The van der Waals surface area contributed by atoms with Gasteiger partial charge in [-0.15, -0.1) is 0 Å². The van der Waals surface area contributed by atoms with E-state index >= 15 is 0 Å². The van der Waals surface area contributed by atoms with Crippen molar-refractivity contribution in [2.75, 3.05) is 26.8 Å². The van der Waals surface area contributed by atoms with E-state index in [4.69, 9.17) is 9.47 Å². The first-order chi connectivity index (χ1) is 4.36. The number of morpholine rings is 1. The zero-order valence-electron chi connectivity index (χ0n) is 5.54. The van der Waals surface area contributed by atoms with E-state index in [9.17, 15) is 0 Å². The van der Waals surface area contributed by atoms with Crippen molar-refractivity contribution >= 4 is 0 Å². The first-order valence-electron chi connectivity index (χ1n) is 3.30. The molecule has 3 aliphatic heterocycles. The molecular formula is C6H11NO2. The molecule has 0 aliphatic carbocycles. The Labute approximate surface area is 54.5 Å². The largest absolute Gasteiger partial charge is 0.370 e. The fraction of sp³-hybridized carbons (Fsp3) is 1.00. The van der Waals surface area contributed by atoms with Gasteiger partial charge in [-0.3, -0.25) is 4.90 Å². The van der Waals surface area contributed by atoms with E-state index in [0.717, 1.165) is 19.8 Å². The summed E-state index contributed by atoms with van der Waals surface area (Å²) in [6.07, 6.45) is 0.565. The summed E-state index contributed by atoms with van der Waals surface area (Å²) in [4.78, 5) is 2.19. The van der Waals surface area contributed by atoms with E-state index in [2.05, 4.69) is 11.9 Å². The normalized spacial score (nSPS) is 43.7. The molecule has 3 aliphatic rings. The van der Waals surface area contributed by atoms with Crippen LogP contribution in [0.5, 0.6) is 0 Å². The number of likely N-dealkylation sites (N-methyl/N-ethyl adjacent to an activating group) is 1. The molecule has 3 rings (SSSR count). The SMILES string of the molecule is CN1CC2COC1CO2. The van der Waals surface area contributed by atoms with Gasteiger partial charge in [-0.05, 0) is 7.05 Å². The molecule has 52 valence electrons. The Morgan fingerprint density at radius 3 is 2.44 bits per heavy atom. The molecule has 0 saturated carbocycles. The first-order valence-corrected chi connectivity index (χ1v) is 3.30. The van der Waals surface area contributed by atoms with Crippen molar-refractivity contribution in [1.29, 1.82) is 0 Å². The van der Waals surface area contributed by atoms with Crippen LogP contribution in [0, 0.1) is 0 Å². The fourth-order valence-electron chi connectivity index (χ4n) is 1.33. The highest BCUT2D eigenvalue weighted by atomic mass is 16.6. The maximum Gasteiger partial charge on any atom is 0.134 e. The number of fused-ring (bicyclic) bond motifs is 3. The van der Waals surface area contributed by atoms with Gasteiger partial charge >= 0.3 is 0 Å². The van der Waals surface area contributed by atoms with Crippen LogP contribution >= 0.6 is 0 Å². The molecule has 0 amide bonds. The summed E-state index contributed by atoms with van der Waals surface area (Å²) < 4.78 is 10.8. The molecule has 2 unspecified atom stereocenters. The van der Waals surface area contributed by atoms with Gasteiger partial charge in [-0.25, -0.2) is 0 Å². The molecule has 9 heavy (non-hydrogen) atoms. The predicted molar refractivity (Wildman–Crippen MR) is 32.1 cm³/mol. The van der Waals surface area contributed by atoms with Crippen molar-refractivity contribution in [1.82, 2.24) is 4.90 Å². The standard InChI is InChI=1S/C6H11NO2/c1-7-2-5-3-9-6(7)4-8-5/h5-6H,2-4H2,1H3. The van der Waals surface area contributed by atoms with E-state index in [0.29, 0.717) is 6.10 Å². The average Bonchev–Trinajstić information content (AvgIpc) is 1.90. The molecular weight excluding hydrogens is 118 g/mol. The van der Waals surface area contributed by atoms with Gasteiger partial charge in [-0.1, -0.05) is 0 Å². The third-order valence-electron chi connectivity index (χ3n) is 1.93. The van der Waals surface area contributed by atoms with Crippen molar-refractivity contribution in [2.45, 2.75) is 12.3 Å². The second-order valence-corrected chi connectivity index (χ2v) is 2.68. The minimum absolute atomic E-state index is 0.231. The molecule has 3 saturated heterocycles. The second kappa shape index (κ2) is 1.94. The number of nitrogens with zero attached hydrogens (tertiary/aromatic N) is 1. The van der Waals surface area contributed by atoms with Gasteiger partial charge in [0, 0.05) is 6.54 Å². The van der Waals surface area contributed by atoms with Gasteiger partial charge in [0.2, 0.25) is 0 Å². The van der Waals surface area contributed by atoms with Crippen LogP contribution < -0.4 is 0 Å². The maximum atomic E-state index is 5.39. The van der Waals surface area contributed by atoms with Gasteiger partial charge in [-0.2, -0.15) is 0 Å². The minimum atomic E-state index is 0.231. The van der Waals surface area contributed by atoms with Crippen LogP contribution in [0.25, 0.3) is 0 Å². The smallest absolute Gasteiger partial charge is 0.134 e. The Kier molecular flexibility index (Phi) is 1.22. The number of rotatable bonds is 0. The lowest BCUT2D eigenvalue weighted by molar-refractivity contribution is -0.231. The van der Waals surface area contributed by atoms with Crippen LogP contribution in [0.2, 0.25) is 0 Å². The van der Waals surface area contributed by atoms with Crippen LogP contribution in [-0.2, 0) is 9.47 Å². The van der Waals surface area contributed by atoms with Gasteiger partial charge in [0.05, 0.1) is 19.3 Å². The number of hydrogen-bond donors (Lipinski definition) is 0. The molecule has 3 heterocycles. The van der Waals surface area contributed by atoms with E-state index in [1.54, 1.807) is 0 Å². The molecule has 0 radical (unpaired) electrons. The molecule has 0 N–H and O–H groups in total. The summed E-state index contributed by atoms with van der Waals surface area (Å²) in [5.74, 6) is 0.